The Balaban J connectivity index is 2.58. The van der Waals surface area contributed by atoms with E-state index in [0.29, 0.717) is 24.5 Å². The number of rotatable bonds is 4. The van der Waals surface area contributed by atoms with Crippen LogP contribution in [0.4, 0.5) is 35.1 Å². The first-order valence-electron chi connectivity index (χ1n) is 8.46. The van der Waals surface area contributed by atoms with Crippen molar-refractivity contribution < 1.29 is 45.0 Å². The molecule has 1 aliphatic carbocycles. The molecular formula is C20H14F8O2. The predicted octanol–water partition coefficient (Wildman–Crippen LogP) is 6.62. The summed E-state index contributed by atoms with van der Waals surface area (Å²) in [7, 11) is 0. The summed E-state index contributed by atoms with van der Waals surface area (Å²) < 4.78 is 106. The van der Waals surface area contributed by atoms with E-state index in [1.165, 1.54) is 0 Å². The molecule has 2 nitrogen and oxygen atoms in total. The number of halogens is 8. The first-order chi connectivity index (χ1) is 13.8. The zero-order valence-corrected chi connectivity index (χ0v) is 15.0. The molecule has 2 rings (SSSR count). The molecule has 1 N–H and O–H groups in total. The Kier molecular flexibility index (Phi) is 6.89. The van der Waals surface area contributed by atoms with Gasteiger partial charge in [-0.15, -0.1) is 0 Å². The first kappa shape index (κ1) is 23.4. The van der Waals surface area contributed by atoms with Crippen LogP contribution in [0.1, 0.15) is 24.0 Å². The molecule has 0 amide bonds. The van der Waals surface area contributed by atoms with E-state index in [1.54, 1.807) is 24.3 Å². The van der Waals surface area contributed by atoms with Crippen LogP contribution in [0.2, 0.25) is 0 Å². The van der Waals surface area contributed by atoms with Crippen LogP contribution in [0.25, 0.3) is 5.57 Å². The van der Waals surface area contributed by atoms with Crippen molar-refractivity contribution in [2.75, 3.05) is 0 Å². The van der Waals surface area contributed by atoms with Crippen molar-refractivity contribution in [1.82, 2.24) is 0 Å². The molecule has 1 aromatic rings. The van der Waals surface area contributed by atoms with E-state index in [0.717, 1.165) is 5.56 Å². The van der Waals surface area contributed by atoms with Crippen molar-refractivity contribution >= 4 is 11.5 Å². The minimum Gasteiger partial charge on any atom is -0.476 e. The van der Waals surface area contributed by atoms with Crippen molar-refractivity contribution in [3.8, 4) is 0 Å². The second-order valence-electron chi connectivity index (χ2n) is 6.30. The molecule has 0 radical (unpaired) electrons. The van der Waals surface area contributed by atoms with Gasteiger partial charge in [0.2, 0.25) is 5.83 Å². The number of benzene rings is 1. The monoisotopic (exact) mass is 438 g/mol. The molecule has 0 saturated carbocycles. The Morgan fingerprint density at radius 3 is 2.07 bits per heavy atom. The molecule has 0 bridgehead atoms. The van der Waals surface area contributed by atoms with Crippen LogP contribution >= 0.6 is 0 Å². The Labute approximate surface area is 165 Å². The average molecular weight is 438 g/mol. The van der Waals surface area contributed by atoms with Crippen LogP contribution in [0.15, 0.2) is 65.3 Å². The Bertz CT molecular complexity index is 946. The van der Waals surface area contributed by atoms with Crippen molar-refractivity contribution in [3.63, 3.8) is 0 Å². The predicted molar refractivity (Wildman–Crippen MR) is 92.5 cm³/mol. The van der Waals surface area contributed by atoms with Crippen molar-refractivity contribution in [1.29, 1.82) is 0 Å². The van der Waals surface area contributed by atoms with E-state index < -0.39 is 41.1 Å². The summed E-state index contributed by atoms with van der Waals surface area (Å²) in [5, 5.41) is 8.37. The highest BCUT2D eigenvalue weighted by Crippen LogP contribution is 2.38. The third-order valence-corrected chi connectivity index (χ3v) is 4.26. The lowest BCUT2D eigenvalue weighted by Gasteiger charge is -2.20. The summed E-state index contributed by atoms with van der Waals surface area (Å²) in [6, 6.07) is 6.52. The van der Waals surface area contributed by atoms with Crippen LogP contribution < -0.4 is 0 Å². The number of alkyl halides is 6. The number of carbonyl (C=O) groups is 1. The topological polar surface area (TPSA) is 37.3 Å². The molecule has 30 heavy (non-hydrogen) atoms. The highest BCUT2D eigenvalue weighted by atomic mass is 19.4. The van der Waals surface area contributed by atoms with Gasteiger partial charge in [-0.25, -0.2) is 9.18 Å². The van der Waals surface area contributed by atoms with E-state index in [1.807, 2.05) is 0 Å². The zero-order chi connectivity index (χ0) is 22.7. The summed E-state index contributed by atoms with van der Waals surface area (Å²) in [5.74, 6) is -7.37. The minimum atomic E-state index is -5.56. The Morgan fingerprint density at radius 1 is 0.900 bits per heavy atom. The maximum absolute atomic E-state index is 14.3. The quantitative estimate of drug-likeness (QED) is 0.326. The number of carboxylic acid groups (broad SMARTS) is 1. The van der Waals surface area contributed by atoms with Gasteiger partial charge < -0.3 is 5.11 Å². The van der Waals surface area contributed by atoms with Gasteiger partial charge in [0.25, 0.3) is 0 Å². The molecule has 0 unspecified atom stereocenters. The van der Waals surface area contributed by atoms with E-state index in [-0.39, 0.29) is 24.1 Å². The molecular weight excluding hydrogens is 424 g/mol. The van der Waals surface area contributed by atoms with Crippen LogP contribution in [0.3, 0.4) is 0 Å². The average Bonchev–Trinajstić information content (AvgIpc) is 2.63. The maximum Gasteiger partial charge on any atom is 0.419 e. The van der Waals surface area contributed by atoms with Crippen LogP contribution in [0, 0.1) is 0 Å². The van der Waals surface area contributed by atoms with Gasteiger partial charge in [0, 0.05) is 0 Å². The zero-order valence-electron chi connectivity index (χ0n) is 15.0. The van der Waals surface area contributed by atoms with E-state index in [9.17, 15) is 39.9 Å². The van der Waals surface area contributed by atoms with Gasteiger partial charge in [-0.2, -0.15) is 30.7 Å². The van der Waals surface area contributed by atoms with E-state index in [2.05, 4.69) is 0 Å². The number of carboxylic acids is 1. The molecule has 0 saturated heterocycles. The van der Waals surface area contributed by atoms with Crippen molar-refractivity contribution in [2.45, 2.75) is 31.6 Å². The molecule has 1 aromatic carbocycles. The van der Waals surface area contributed by atoms with Gasteiger partial charge in [0.05, 0.1) is 11.1 Å². The third-order valence-electron chi connectivity index (χ3n) is 4.26. The van der Waals surface area contributed by atoms with E-state index in [4.69, 9.17) is 5.11 Å². The van der Waals surface area contributed by atoms with Crippen molar-refractivity contribution in [2.24, 2.45) is 0 Å². The number of fused-ring (bicyclic) bond motifs is 1. The minimum absolute atomic E-state index is 0.149. The van der Waals surface area contributed by atoms with Gasteiger partial charge in [-0.3, -0.25) is 0 Å². The molecule has 0 aliphatic heterocycles. The lowest BCUT2D eigenvalue weighted by atomic mass is 9.86. The fourth-order valence-corrected chi connectivity index (χ4v) is 2.92. The van der Waals surface area contributed by atoms with Gasteiger partial charge in [-0.05, 0) is 54.2 Å². The van der Waals surface area contributed by atoms with Gasteiger partial charge in [0.1, 0.15) is 5.83 Å². The van der Waals surface area contributed by atoms with Gasteiger partial charge >= 0.3 is 18.3 Å². The summed E-state index contributed by atoms with van der Waals surface area (Å²) in [4.78, 5) is 10.4. The molecule has 0 aromatic heterocycles. The van der Waals surface area contributed by atoms with Gasteiger partial charge in [0.15, 0.2) is 0 Å². The second-order valence-corrected chi connectivity index (χ2v) is 6.30. The van der Waals surface area contributed by atoms with Crippen molar-refractivity contribution in [3.05, 3.63) is 76.4 Å². The second kappa shape index (κ2) is 8.85. The SMILES string of the molecule is O=C(O)/C(F)=C(/C=C/C(F)=C(\C=C1/CCCc2ccccc21)C(F)(F)F)C(F)(F)F. The summed E-state index contributed by atoms with van der Waals surface area (Å²) in [6.07, 6.45) is -9.65. The molecule has 0 heterocycles. The molecule has 1 aliphatic rings. The number of hydrogen-bond acceptors (Lipinski definition) is 1. The van der Waals surface area contributed by atoms with Crippen LogP contribution in [-0.4, -0.2) is 23.4 Å². The highest BCUT2D eigenvalue weighted by Gasteiger charge is 2.38. The molecule has 10 heteroatoms. The number of aryl methyl sites for hydroxylation is 1. The number of aliphatic carboxylic acids is 1. The molecule has 0 atom stereocenters. The molecule has 0 spiro atoms. The third kappa shape index (κ3) is 5.58. The molecule has 0 fully saturated rings. The largest absolute Gasteiger partial charge is 0.476 e. The Hall–Kier alpha value is -2.91. The summed E-state index contributed by atoms with van der Waals surface area (Å²) in [6.45, 7) is 0. The van der Waals surface area contributed by atoms with Crippen LogP contribution in [0.5, 0.6) is 0 Å². The van der Waals surface area contributed by atoms with Crippen LogP contribution in [-0.2, 0) is 11.2 Å². The fourth-order valence-electron chi connectivity index (χ4n) is 2.92. The number of hydrogen-bond donors (Lipinski definition) is 1. The van der Waals surface area contributed by atoms with E-state index >= 15 is 0 Å². The Morgan fingerprint density at radius 2 is 1.50 bits per heavy atom. The highest BCUT2D eigenvalue weighted by molar-refractivity contribution is 5.85. The normalized spacial score (nSPS) is 18.2. The fraction of sp³-hybridized carbons (Fsp3) is 0.250. The smallest absolute Gasteiger partial charge is 0.419 e. The molecule has 162 valence electrons. The first-order valence-corrected chi connectivity index (χ1v) is 8.46. The summed E-state index contributed by atoms with van der Waals surface area (Å²) >= 11 is 0. The van der Waals surface area contributed by atoms with Gasteiger partial charge in [-0.1, -0.05) is 24.3 Å². The lowest BCUT2D eigenvalue weighted by molar-refractivity contribution is -0.136. The number of allylic oxidation sites excluding steroid dienone is 7. The maximum atomic E-state index is 14.3. The lowest BCUT2D eigenvalue weighted by Crippen LogP contribution is -2.15. The summed E-state index contributed by atoms with van der Waals surface area (Å²) in [5.41, 5.74) is -2.91. The standard InChI is InChI=1S/C20H14F8O2/c21-16(9-8-14(19(23,24)25)17(22)18(29)30)15(20(26,27)28)10-12-6-3-5-11-4-1-2-7-13(11)12/h1-2,4,7-10H,3,5-6H2,(H,29,30)/b9-8+,12-10+,16-15-,17-14+.